The zero-order valence-corrected chi connectivity index (χ0v) is 24.7. The second-order valence-electron chi connectivity index (χ2n) is 12.7. The van der Waals surface area contributed by atoms with Crippen LogP contribution in [-0.4, -0.2) is 52.0 Å². The Morgan fingerprint density at radius 3 is 2.12 bits per heavy atom. The lowest BCUT2D eigenvalue weighted by molar-refractivity contribution is -0.154. The third-order valence-electron chi connectivity index (χ3n) is 5.60. The van der Waals surface area contributed by atoms with Crippen LogP contribution in [0.3, 0.4) is 0 Å². The molecule has 0 radical (unpaired) electrons. The van der Waals surface area contributed by atoms with Crippen LogP contribution in [0.1, 0.15) is 96.8 Å². The molecule has 2 amide bonds. The van der Waals surface area contributed by atoms with E-state index in [9.17, 15) is 19.2 Å². The average Bonchev–Trinajstić information content (AvgIpc) is 3.33. The molecule has 40 heavy (non-hydrogen) atoms. The molecular formula is C29H39FN2O8. The summed E-state index contributed by atoms with van der Waals surface area (Å²) in [6.45, 7) is 15.4. The number of esters is 1. The maximum absolute atomic E-state index is 15.1. The molecule has 0 spiro atoms. The minimum Gasteiger partial charge on any atom is -0.490 e. The molecule has 0 unspecified atom stereocenters. The summed E-state index contributed by atoms with van der Waals surface area (Å²) in [5.41, 5.74) is -1.76. The number of fused-ring (bicyclic) bond motifs is 3. The molecule has 1 aliphatic heterocycles. The molecule has 10 nitrogen and oxygen atoms in total. The molecule has 1 aliphatic rings. The summed E-state index contributed by atoms with van der Waals surface area (Å²) in [7, 11) is 0. The van der Waals surface area contributed by atoms with Crippen LogP contribution in [0.5, 0.6) is 5.75 Å². The number of rotatable bonds is 5. The normalized spacial score (nSPS) is 13.4. The zero-order chi connectivity index (χ0) is 30.2. The number of aryl methyl sites for hydroxylation is 1. The number of nitrogens with zero attached hydrogens (tertiary/aromatic N) is 1. The van der Waals surface area contributed by atoms with Crippen molar-refractivity contribution < 1.29 is 42.5 Å². The highest BCUT2D eigenvalue weighted by Gasteiger charge is 2.34. The minimum atomic E-state index is -1.02. The van der Waals surface area contributed by atoms with Gasteiger partial charge in [0.2, 0.25) is 0 Å². The number of ether oxygens (including phenoxy) is 4. The number of carbonyl (C=O) groups excluding carboxylic acids is 4. The van der Waals surface area contributed by atoms with Gasteiger partial charge in [0.1, 0.15) is 22.5 Å². The molecule has 1 N–H and O–H groups in total. The standard InChI is InChI=1S/C29H39FN2O8/c1-27(2,3)38-20(33)12-10-11-16-21-17-13-14-37-23(17)18(30)15-19(21)32(26(36)40-29(7,8)9)22(16)24(34)31-25(35)39-28(4,5)6/h15H,10-14H2,1-9H3,(H,31,34,35). The highest BCUT2D eigenvalue weighted by Crippen LogP contribution is 2.40. The Labute approximate surface area is 233 Å². The number of hydrogen-bond acceptors (Lipinski definition) is 8. The van der Waals surface area contributed by atoms with E-state index in [-0.39, 0.29) is 42.8 Å². The van der Waals surface area contributed by atoms with Gasteiger partial charge in [0.25, 0.3) is 5.91 Å². The summed E-state index contributed by atoms with van der Waals surface area (Å²) in [5.74, 6) is -2.01. The summed E-state index contributed by atoms with van der Waals surface area (Å²) >= 11 is 0. The third kappa shape index (κ3) is 7.51. The highest BCUT2D eigenvalue weighted by atomic mass is 19.1. The first-order chi connectivity index (χ1) is 18.3. The van der Waals surface area contributed by atoms with E-state index in [0.717, 1.165) is 10.6 Å². The molecule has 2 aromatic rings. The van der Waals surface area contributed by atoms with E-state index in [0.29, 0.717) is 22.9 Å². The van der Waals surface area contributed by atoms with E-state index in [1.165, 1.54) is 0 Å². The van der Waals surface area contributed by atoms with Crippen LogP contribution in [0.4, 0.5) is 14.0 Å². The summed E-state index contributed by atoms with van der Waals surface area (Å²) < 4.78 is 37.8. The molecule has 0 fully saturated rings. The second kappa shape index (κ2) is 11.1. The molecule has 0 atom stereocenters. The van der Waals surface area contributed by atoms with Crippen LogP contribution >= 0.6 is 0 Å². The largest absolute Gasteiger partial charge is 0.490 e. The Balaban J connectivity index is 2.18. The number of aromatic nitrogens is 1. The van der Waals surface area contributed by atoms with E-state index >= 15 is 4.39 Å². The van der Waals surface area contributed by atoms with Crippen molar-refractivity contribution >= 4 is 35.0 Å². The van der Waals surface area contributed by atoms with Gasteiger partial charge in [-0.25, -0.2) is 18.5 Å². The molecule has 0 saturated heterocycles. The van der Waals surface area contributed by atoms with Crippen LogP contribution in [0.2, 0.25) is 0 Å². The SMILES string of the molecule is CC(C)(C)OC(=O)CCCc1c(C(=O)NC(=O)OC(C)(C)C)n(C(=O)OC(C)(C)C)c2cc(F)c3c(c12)CCO3. The highest BCUT2D eigenvalue weighted by molar-refractivity contribution is 6.11. The quantitative estimate of drug-likeness (QED) is 0.357. The minimum absolute atomic E-state index is 0.0311. The van der Waals surface area contributed by atoms with E-state index in [2.05, 4.69) is 5.32 Å². The van der Waals surface area contributed by atoms with Crippen molar-refractivity contribution in [1.82, 2.24) is 9.88 Å². The molecule has 0 saturated carbocycles. The van der Waals surface area contributed by atoms with Crippen molar-refractivity contribution in [3.63, 3.8) is 0 Å². The van der Waals surface area contributed by atoms with Gasteiger partial charge in [-0.05, 0) is 80.7 Å². The molecule has 0 bridgehead atoms. The summed E-state index contributed by atoms with van der Waals surface area (Å²) in [6, 6.07) is 1.12. The Bertz CT molecular complexity index is 1340. The molecule has 3 rings (SSSR count). The van der Waals surface area contributed by atoms with E-state index in [1.807, 2.05) is 0 Å². The summed E-state index contributed by atoms with van der Waals surface area (Å²) in [5, 5.41) is 2.62. The lowest BCUT2D eigenvalue weighted by Crippen LogP contribution is -2.38. The Kier molecular flexibility index (Phi) is 8.57. The summed E-state index contributed by atoms with van der Waals surface area (Å²) in [6.07, 6.45) is -1.18. The second-order valence-corrected chi connectivity index (χ2v) is 12.7. The van der Waals surface area contributed by atoms with E-state index < -0.39 is 46.7 Å². The molecular weight excluding hydrogens is 523 g/mol. The molecule has 2 heterocycles. The smallest absolute Gasteiger partial charge is 0.419 e. The number of hydrogen-bond donors (Lipinski definition) is 1. The first-order valence-corrected chi connectivity index (χ1v) is 13.3. The molecule has 1 aromatic heterocycles. The maximum atomic E-state index is 15.1. The van der Waals surface area contributed by atoms with Gasteiger partial charge in [-0.3, -0.25) is 14.9 Å². The van der Waals surface area contributed by atoms with Crippen molar-refractivity contribution in [1.29, 1.82) is 0 Å². The molecule has 0 aliphatic carbocycles. The Morgan fingerprint density at radius 2 is 1.55 bits per heavy atom. The Morgan fingerprint density at radius 1 is 0.950 bits per heavy atom. The van der Waals surface area contributed by atoms with Crippen LogP contribution in [0, 0.1) is 5.82 Å². The Hall–Kier alpha value is -3.63. The van der Waals surface area contributed by atoms with Gasteiger partial charge in [0.05, 0.1) is 12.1 Å². The fraction of sp³-hybridized carbons (Fsp3) is 0.586. The van der Waals surface area contributed by atoms with Crippen molar-refractivity contribution in [2.75, 3.05) is 6.61 Å². The van der Waals surface area contributed by atoms with Gasteiger partial charge >= 0.3 is 18.2 Å². The van der Waals surface area contributed by atoms with Gasteiger partial charge in [-0.15, -0.1) is 0 Å². The molecule has 1 aromatic carbocycles. The zero-order valence-electron chi connectivity index (χ0n) is 24.7. The van der Waals surface area contributed by atoms with Crippen molar-refractivity contribution in [3.8, 4) is 5.75 Å². The average molecular weight is 563 g/mol. The van der Waals surface area contributed by atoms with Gasteiger partial charge in [0.15, 0.2) is 11.6 Å². The van der Waals surface area contributed by atoms with Crippen molar-refractivity contribution in [2.45, 2.75) is 105 Å². The van der Waals surface area contributed by atoms with Crippen LogP contribution < -0.4 is 10.1 Å². The number of benzene rings is 1. The fourth-order valence-corrected chi connectivity index (χ4v) is 4.44. The number of nitrogens with one attached hydrogen (secondary N) is 1. The fourth-order valence-electron chi connectivity index (χ4n) is 4.44. The van der Waals surface area contributed by atoms with Gasteiger partial charge in [-0.1, -0.05) is 0 Å². The van der Waals surface area contributed by atoms with Crippen molar-refractivity contribution in [2.24, 2.45) is 0 Å². The number of alkyl carbamates (subject to hydrolysis) is 1. The van der Waals surface area contributed by atoms with Crippen molar-refractivity contribution in [3.05, 3.63) is 28.7 Å². The predicted molar refractivity (Wildman–Crippen MR) is 145 cm³/mol. The first-order valence-electron chi connectivity index (χ1n) is 13.3. The molecule has 220 valence electrons. The molecule has 11 heteroatoms. The third-order valence-corrected chi connectivity index (χ3v) is 5.60. The first kappa shape index (κ1) is 30.9. The monoisotopic (exact) mass is 562 g/mol. The maximum Gasteiger partial charge on any atom is 0.419 e. The van der Waals surface area contributed by atoms with E-state index in [1.54, 1.807) is 62.3 Å². The van der Waals surface area contributed by atoms with Gasteiger partial charge < -0.3 is 18.9 Å². The summed E-state index contributed by atoms with van der Waals surface area (Å²) in [4.78, 5) is 52.1. The van der Waals surface area contributed by atoms with Gasteiger partial charge in [-0.2, -0.15) is 0 Å². The van der Waals surface area contributed by atoms with E-state index in [4.69, 9.17) is 18.9 Å². The lowest BCUT2D eigenvalue weighted by atomic mass is 9.98. The number of carbonyl (C=O) groups is 4. The van der Waals surface area contributed by atoms with Crippen LogP contribution in [-0.2, 0) is 31.8 Å². The number of halogens is 1. The van der Waals surface area contributed by atoms with Crippen LogP contribution in [0.25, 0.3) is 10.9 Å². The van der Waals surface area contributed by atoms with Crippen LogP contribution in [0.15, 0.2) is 6.07 Å². The topological polar surface area (TPSA) is 122 Å². The van der Waals surface area contributed by atoms with Gasteiger partial charge in [0, 0.05) is 29.9 Å². The number of amides is 2. The number of imide groups is 1. The lowest BCUT2D eigenvalue weighted by Gasteiger charge is -2.22. The predicted octanol–water partition coefficient (Wildman–Crippen LogP) is 5.83.